The Bertz CT molecular complexity index is 1370. The molecule has 0 fully saturated rings. The Kier molecular flexibility index (Phi) is 5.69. The number of allylic oxidation sites excluding steroid dienone is 1. The number of fused-ring (bicyclic) bond motifs is 1. The molecule has 1 aromatic heterocycles. The van der Waals surface area contributed by atoms with E-state index in [2.05, 4.69) is 4.99 Å². The van der Waals surface area contributed by atoms with Crippen molar-refractivity contribution >= 4 is 23.4 Å². The lowest BCUT2D eigenvalue weighted by Crippen LogP contribution is -2.40. The van der Waals surface area contributed by atoms with Gasteiger partial charge in [-0.05, 0) is 38.5 Å². The van der Waals surface area contributed by atoms with Gasteiger partial charge in [-0.3, -0.25) is 9.36 Å². The monoisotopic (exact) mass is 436 g/mol. The molecule has 0 N–H and O–H groups in total. The zero-order valence-electron chi connectivity index (χ0n) is 17.4. The smallest absolute Gasteiger partial charge is 0.338 e. The number of nitrogens with zero attached hydrogens (tertiary/aromatic N) is 2. The van der Waals surface area contributed by atoms with Gasteiger partial charge in [-0.2, -0.15) is 0 Å². The molecule has 0 bridgehead atoms. The molecule has 158 valence electrons. The summed E-state index contributed by atoms with van der Waals surface area (Å²) in [7, 11) is 0. The van der Waals surface area contributed by atoms with Crippen molar-refractivity contribution in [1.29, 1.82) is 0 Å². The quantitative estimate of drug-likeness (QED) is 0.590. The molecule has 0 radical (unpaired) electrons. The minimum atomic E-state index is -0.948. The normalized spacial score (nSPS) is 16.1. The number of thiazole rings is 1. The van der Waals surface area contributed by atoms with Crippen LogP contribution in [0.1, 0.15) is 36.6 Å². The lowest BCUT2D eigenvalue weighted by atomic mass is 9.95. The van der Waals surface area contributed by atoms with E-state index in [-0.39, 0.29) is 23.3 Å². The molecular weight excluding hydrogens is 415 g/mol. The van der Waals surface area contributed by atoms with Gasteiger partial charge in [0.15, 0.2) is 4.80 Å². The number of carbonyl (C=O) groups excluding carboxylic acids is 1. The van der Waals surface area contributed by atoms with Gasteiger partial charge in [0.2, 0.25) is 0 Å². The van der Waals surface area contributed by atoms with Crippen molar-refractivity contribution in [3.8, 4) is 0 Å². The van der Waals surface area contributed by atoms with Crippen molar-refractivity contribution < 1.29 is 13.9 Å². The molecule has 0 spiro atoms. The summed E-state index contributed by atoms with van der Waals surface area (Å²) < 4.78 is 21.9. The second-order valence-electron chi connectivity index (χ2n) is 7.23. The highest BCUT2D eigenvalue weighted by Gasteiger charge is 2.34. The highest BCUT2D eigenvalue weighted by Crippen LogP contribution is 2.32. The molecule has 0 unspecified atom stereocenters. The van der Waals surface area contributed by atoms with Crippen LogP contribution in [0.15, 0.2) is 69.6 Å². The van der Waals surface area contributed by atoms with E-state index in [1.165, 1.54) is 22.0 Å². The fourth-order valence-corrected chi connectivity index (χ4v) is 4.64. The number of hydrogen-bond acceptors (Lipinski definition) is 5. The number of aromatic nitrogens is 1. The summed E-state index contributed by atoms with van der Waals surface area (Å²) in [5.74, 6) is -1.11. The number of halogens is 1. The zero-order chi connectivity index (χ0) is 22.1. The van der Waals surface area contributed by atoms with Gasteiger partial charge in [0.1, 0.15) is 11.9 Å². The second-order valence-corrected chi connectivity index (χ2v) is 8.24. The van der Waals surface area contributed by atoms with Crippen LogP contribution in [0.5, 0.6) is 0 Å². The third kappa shape index (κ3) is 3.88. The minimum Gasteiger partial charge on any atom is -0.463 e. The lowest BCUT2D eigenvalue weighted by molar-refractivity contribution is -0.139. The first kappa shape index (κ1) is 20.9. The van der Waals surface area contributed by atoms with Crippen molar-refractivity contribution in [3.05, 3.63) is 102 Å². The molecule has 5 nitrogen and oxygen atoms in total. The summed E-state index contributed by atoms with van der Waals surface area (Å²) in [6.45, 7) is 5.53. The highest BCUT2D eigenvalue weighted by molar-refractivity contribution is 7.07. The zero-order valence-corrected chi connectivity index (χ0v) is 18.2. The molecule has 31 heavy (non-hydrogen) atoms. The van der Waals surface area contributed by atoms with Crippen molar-refractivity contribution in [2.24, 2.45) is 4.99 Å². The van der Waals surface area contributed by atoms with E-state index >= 15 is 0 Å². The summed E-state index contributed by atoms with van der Waals surface area (Å²) >= 11 is 1.22. The number of rotatable bonds is 4. The summed E-state index contributed by atoms with van der Waals surface area (Å²) in [4.78, 5) is 31.1. The van der Waals surface area contributed by atoms with Gasteiger partial charge in [0.05, 0.1) is 22.4 Å². The second kappa shape index (κ2) is 8.43. The van der Waals surface area contributed by atoms with Crippen LogP contribution in [0.4, 0.5) is 4.39 Å². The third-order valence-corrected chi connectivity index (χ3v) is 6.07. The van der Waals surface area contributed by atoms with Crippen LogP contribution < -0.4 is 14.9 Å². The molecule has 3 aromatic rings. The molecule has 1 aliphatic heterocycles. The minimum absolute atomic E-state index is 0.164. The molecule has 7 heteroatoms. The van der Waals surface area contributed by atoms with Crippen LogP contribution in [0.3, 0.4) is 0 Å². The Morgan fingerprint density at radius 1 is 1.19 bits per heavy atom. The molecule has 2 heterocycles. The van der Waals surface area contributed by atoms with Crippen LogP contribution in [0.25, 0.3) is 6.08 Å². The maximum Gasteiger partial charge on any atom is 0.338 e. The average Bonchev–Trinajstić information content (AvgIpc) is 3.04. The standard InChI is InChI=1S/C24H21FN2O3S/c1-4-30-23(29)20-15(3)26-24-27(21(20)17-7-5-6-8-18(17)25)22(28)19(31-24)13-16-11-9-14(2)10-12-16/h5-13,21H,4H2,1-3H3/b19-13-/t21-/m0/s1. The van der Waals surface area contributed by atoms with E-state index in [9.17, 15) is 14.0 Å². The first-order valence-electron chi connectivity index (χ1n) is 9.91. The van der Waals surface area contributed by atoms with E-state index in [1.54, 1.807) is 38.1 Å². The van der Waals surface area contributed by atoms with E-state index in [0.29, 0.717) is 15.0 Å². The molecule has 4 rings (SSSR count). The summed E-state index contributed by atoms with van der Waals surface area (Å²) in [6.07, 6.45) is 1.78. The molecular formula is C24H21FN2O3S. The van der Waals surface area contributed by atoms with Crippen molar-refractivity contribution in [1.82, 2.24) is 4.57 Å². The van der Waals surface area contributed by atoms with Crippen molar-refractivity contribution in [2.75, 3.05) is 6.61 Å². The Morgan fingerprint density at radius 3 is 2.58 bits per heavy atom. The number of hydrogen-bond donors (Lipinski definition) is 0. The van der Waals surface area contributed by atoms with Crippen LogP contribution in [-0.4, -0.2) is 17.1 Å². The Hall–Kier alpha value is -3.32. The highest BCUT2D eigenvalue weighted by atomic mass is 32.1. The first-order chi connectivity index (χ1) is 14.9. The number of carbonyl (C=O) groups is 1. The average molecular weight is 437 g/mol. The van der Waals surface area contributed by atoms with Gasteiger partial charge in [-0.25, -0.2) is 14.2 Å². The third-order valence-electron chi connectivity index (χ3n) is 5.09. The number of benzene rings is 2. The summed E-state index contributed by atoms with van der Waals surface area (Å²) in [6, 6.07) is 13.0. The van der Waals surface area contributed by atoms with Crippen molar-refractivity contribution in [2.45, 2.75) is 26.8 Å². The van der Waals surface area contributed by atoms with Crippen LogP contribution in [0, 0.1) is 12.7 Å². The van der Waals surface area contributed by atoms with Gasteiger partial charge < -0.3 is 4.74 Å². The fraction of sp³-hybridized carbons (Fsp3) is 0.208. The number of aryl methyl sites for hydroxylation is 1. The SMILES string of the molecule is CCOC(=O)C1=C(C)N=c2s/c(=C\c3ccc(C)cc3)c(=O)n2[C@H]1c1ccccc1F. The molecule has 0 amide bonds. The van der Waals surface area contributed by atoms with Crippen LogP contribution in [0.2, 0.25) is 0 Å². The molecule has 0 aliphatic carbocycles. The van der Waals surface area contributed by atoms with Gasteiger partial charge in [0, 0.05) is 5.56 Å². The van der Waals surface area contributed by atoms with Crippen molar-refractivity contribution in [3.63, 3.8) is 0 Å². The van der Waals surface area contributed by atoms with E-state index in [0.717, 1.165) is 11.1 Å². The maximum atomic E-state index is 14.8. The first-order valence-corrected chi connectivity index (χ1v) is 10.7. The predicted octanol–water partition coefficient (Wildman–Crippen LogP) is 3.25. The van der Waals surface area contributed by atoms with Gasteiger partial charge in [-0.15, -0.1) is 0 Å². The lowest BCUT2D eigenvalue weighted by Gasteiger charge is -2.24. The predicted molar refractivity (Wildman–Crippen MR) is 118 cm³/mol. The van der Waals surface area contributed by atoms with Gasteiger partial charge in [-0.1, -0.05) is 59.4 Å². The Morgan fingerprint density at radius 2 is 1.90 bits per heavy atom. The number of ether oxygens (including phenoxy) is 1. The number of esters is 1. The summed E-state index contributed by atoms with van der Waals surface area (Å²) in [5.41, 5.74) is 2.47. The van der Waals surface area contributed by atoms with Crippen LogP contribution in [-0.2, 0) is 9.53 Å². The maximum absolute atomic E-state index is 14.8. The summed E-state index contributed by atoms with van der Waals surface area (Å²) in [5, 5.41) is 0. The fourth-order valence-electron chi connectivity index (χ4n) is 3.60. The Balaban J connectivity index is 1.97. The molecule has 2 aromatic carbocycles. The Labute approximate surface area is 182 Å². The molecule has 0 saturated carbocycles. The molecule has 0 saturated heterocycles. The molecule has 1 aliphatic rings. The topological polar surface area (TPSA) is 60.7 Å². The van der Waals surface area contributed by atoms with E-state index < -0.39 is 17.8 Å². The largest absolute Gasteiger partial charge is 0.463 e. The van der Waals surface area contributed by atoms with Gasteiger partial charge in [0.25, 0.3) is 5.56 Å². The van der Waals surface area contributed by atoms with E-state index in [1.807, 2.05) is 31.2 Å². The van der Waals surface area contributed by atoms with Gasteiger partial charge >= 0.3 is 5.97 Å². The van der Waals surface area contributed by atoms with Crippen LogP contribution >= 0.6 is 11.3 Å². The molecule has 1 atom stereocenters. The van der Waals surface area contributed by atoms with E-state index in [4.69, 9.17) is 4.74 Å².